The smallest absolute Gasteiger partial charge is 0.323 e. The Kier molecular flexibility index (Phi) is 4.45. The van der Waals surface area contributed by atoms with Crippen molar-refractivity contribution in [3.05, 3.63) is 30.1 Å². The van der Waals surface area contributed by atoms with Gasteiger partial charge in [-0.25, -0.2) is 4.79 Å². The molecule has 0 aliphatic carbocycles. The molecule has 0 bridgehead atoms. The first-order valence-corrected chi connectivity index (χ1v) is 5.07. The van der Waals surface area contributed by atoms with Crippen LogP contribution in [0.2, 0.25) is 0 Å². The number of aliphatic carboxylic acids is 1. The van der Waals surface area contributed by atoms with Crippen LogP contribution in [0.1, 0.15) is 5.56 Å². The first kappa shape index (κ1) is 13.0. The van der Waals surface area contributed by atoms with E-state index in [-0.39, 0.29) is 12.6 Å². The summed E-state index contributed by atoms with van der Waals surface area (Å²) in [5, 5.41) is 8.58. The maximum atomic E-state index is 11.8. The van der Waals surface area contributed by atoms with Crippen molar-refractivity contribution in [3.63, 3.8) is 0 Å². The van der Waals surface area contributed by atoms with Gasteiger partial charge < -0.3 is 14.9 Å². The Morgan fingerprint density at radius 2 is 2.06 bits per heavy atom. The van der Waals surface area contributed by atoms with Gasteiger partial charge in [0, 0.05) is 33.0 Å². The Labute approximate surface area is 99.5 Å². The van der Waals surface area contributed by atoms with Gasteiger partial charge in [-0.1, -0.05) is 6.07 Å². The van der Waals surface area contributed by atoms with Crippen LogP contribution in [0, 0.1) is 0 Å². The highest BCUT2D eigenvalue weighted by molar-refractivity contribution is 5.79. The molecule has 1 N–H and O–H groups in total. The molecule has 0 aliphatic rings. The highest BCUT2D eigenvalue weighted by Crippen LogP contribution is 2.03. The molecule has 2 amide bonds. The van der Waals surface area contributed by atoms with Gasteiger partial charge >= 0.3 is 12.0 Å². The maximum absolute atomic E-state index is 11.8. The average Bonchev–Trinajstić information content (AvgIpc) is 2.28. The van der Waals surface area contributed by atoms with E-state index in [1.165, 1.54) is 11.9 Å². The van der Waals surface area contributed by atoms with Gasteiger partial charge in [0.15, 0.2) is 0 Å². The number of nitrogens with zero attached hydrogens (tertiary/aromatic N) is 3. The lowest BCUT2D eigenvalue weighted by Gasteiger charge is -2.23. The third-order valence-corrected chi connectivity index (χ3v) is 2.17. The molecule has 1 aromatic heterocycles. The molecule has 0 unspecified atom stereocenters. The van der Waals surface area contributed by atoms with Crippen LogP contribution in [-0.4, -0.2) is 52.5 Å². The van der Waals surface area contributed by atoms with E-state index in [2.05, 4.69) is 4.98 Å². The van der Waals surface area contributed by atoms with Crippen molar-refractivity contribution in [1.29, 1.82) is 0 Å². The number of carbonyl (C=O) groups excluding carboxylic acids is 1. The maximum Gasteiger partial charge on any atom is 0.323 e. The number of hydrogen-bond acceptors (Lipinski definition) is 3. The molecular formula is C11H15N3O3. The molecule has 0 fully saturated rings. The second-order valence-corrected chi connectivity index (χ2v) is 3.75. The van der Waals surface area contributed by atoms with Crippen molar-refractivity contribution in [2.75, 3.05) is 20.6 Å². The monoisotopic (exact) mass is 237 g/mol. The zero-order chi connectivity index (χ0) is 12.8. The number of aromatic nitrogens is 1. The summed E-state index contributed by atoms with van der Waals surface area (Å²) >= 11 is 0. The largest absolute Gasteiger partial charge is 0.480 e. The molecule has 17 heavy (non-hydrogen) atoms. The predicted octanol–water partition coefficient (Wildman–Crippen LogP) is 0.650. The van der Waals surface area contributed by atoms with Crippen molar-refractivity contribution in [2.45, 2.75) is 6.54 Å². The number of urea groups is 1. The van der Waals surface area contributed by atoms with Crippen LogP contribution in [0.15, 0.2) is 24.5 Å². The van der Waals surface area contributed by atoms with Crippen LogP contribution < -0.4 is 0 Å². The molecule has 0 spiro atoms. The standard InChI is InChI=1S/C11H15N3O3/c1-13(7-9-4-3-5-12-6-9)11(17)14(2)8-10(15)16/h3-6H,7-8H2,1-2H3,(H,15,16). The van der Waals surface area contributed by atoms with Gasteiger partial charge in [-0.15, -0.1) is 0 Å². The van der Waals surface area contributed by atoms with Gasteiger partial charge in [-0.2, -0.15) is 0 Å². The predicted molar refractivity (Wildman–Crippen MR) is 61.4 cm³/mol. The van der Waals surface area contributed by atoms with Crippen LogP contribution in [0.4, 0.5) is 4.79 Å². The normalized spacial score (nSPS) is 9.76. The molecule has 92 valence electrons. The number of amides is 2. The summed E-state index contributed by atoms with van der Waals surface area (Å²) in [7, 11) is 3.07. The number of rotatable bonds is 4. The lowest BCUT2D eigenvalue weighted by atomic mass is 10.3. The zero-order valence-electron chi connectivity index (χ0n) is 9.83. The van der Waals surface area contributed by atoms with Crippen molar-refractivity contribution >= 4 is 12.0 Å². The summed E-state index contributed by atoms with van der Waals surface area (Å²) in [6.45, 7) is 0.0901. The Hall–Kier alpha value is -2.11. The Balaban J connectivity index is 2.55. The van der Waals surface area contributed by atoms with Crippen LogP contribution >= 0.6 is 0 Å². The molecule has 6 nitrogen and oxygen atoms in total. The molecule has 0 saturated heterocycles. The minimum atomic E-state index is -1.03. The molecule has 6 heteroatoms. The Morgan fingerprint density at radius 3 is 2.59 bits per heavy atom. The lowest BCUT2D eigenvalue weighted by Crippen LogP contribution is -2.40. The van der Waals surface area contributed by atoms with E-state index in [0.717, 1.165) is 10.5 Å². The van der Waals surface area contributed by atoms with Crippen molar-refractivity contribution in [1.82, 2.24) is 14.8 Å². The van der Waals surface area contributed by atoms with E-state index in [1.54, 1.807) is 25.5 Å². The Bertz CT molecular complexity index is 394. The topological polar surface area (TPSA) is 73.7 Å². The Morgan fingerprint density at radius 1 is 1.35 bits per heavy atom. The van der Waals surface area contributed by atoms with Crippen LogP contribution in [0.5, 0.6) is 0 Å². The quantitative estimate of drug-likeness (QED) is 0.834. The molecule has 0 saturated carbocycles. The average molecular weight is 237 g/mol. The molecule has 1 heterocycles. The second-order valence-electron chi connectivity index (χ2n) is 3.75. The van der Waals surface area contributed by atoms with Gasteiger partial charge in [0.1, 0.15) is 6.54 Å². The molecular weight excluding hydrogens is 222 g/mol. The van der Waals surface area contributed by atoms with Crippen LogP contribution in [0.25, 0.3) is 0 Å². The molecule has 0 atom stereocenters. The second kappa shape index (κ2) is 5.83. The summed E-state index contributed by atoms with van der Waals surface area (Å²) in [5.41, 5.74) is 0.895. The van der Waals surface area contributed by atoms with E-state index < -0.39 is 5.97 Å². The van der Waals surface area contributed by atoms with Crippen molar-refractivity contribution < 1.29 is 14.7 Å². The number of carboxylic acid groups (broad SMARTS) is 1. The summed E-state index contributed by atoms with van der Waals surface area (Å²) in [6.07, 6.45) is 3.32. The van der Waals surface area contributed by atoms with Crippen molar-refractivity contribution in [2.24, 2.45) is 0 Å². The number of carboxylic acids is 1. The fraction of sp³-hybridized carbons (Fsp3) is 0.364. The minimum absolute atomic E-state index is 0.309. The number of pyridine rings is 1. The van der Waals surface area contributed by atoms with Gasteiger partial charge in [-0.3, -0.25) is 9.78 Å². The van der Waals surface area contributed by atoms with E-state index in [4.69, 9.17) is 5.11 Å². The first-order valence-electron chi connectivity index (χ1n) is 5.07. The molecule has 0 aliphatic heterocycles. The summed E-state index contributed by atoms with van der Waals surface area (Å²) in [5.74, 6) is -1.03. The zero-order valence-corrected chi connectivity index (χ0v) is 9.83. The highest BCUT2D eigenvalue weighted by Gasteiger charge is 2.16. The number of likely N-dealkylation sites (N-methyl/N-ethyl adjacent to an activating group) is 1. The van der Waals surface area contributed by atoms with Crippen LogP contribution in [-0.2, 0) is 11.3 Å². The summed E-state index contributed by atoms with van der Waals surface area (Å²) in [6, 6.07) is 3.30. The third-order valence-electron chi connectivity index (χ3n) is 2.17. The minimum Gasteiger partial charge on any atom is -0.480 e. The van der Waals surface area contributed by atoms with E-state index in [0.29, 0.717) is 6.54 Å². The third kappa shape index (κ3) is 4.10. The van der Waals surface area contributed by atoms with Crippen molar-refractivity contribution in [3.8, 4) is 0 Å². The summed E-state index contributed by atoms with van der Waals surface area (Å²) in [4.78, 5) is 28.8. The van der Waals surface area contributed by atoms with E-state index in [1.807, 2.05) is 6.07 Å². The fourth-order valence-electron chi connectivity index (χ4n) is 1.40. The number of carbonyl (C=O) groups is 2. The number of hydrogen-bond donors (Lipinski definition) is 1. The first-order chi connectivity index (χ1) is 8.00. The van der Waals surface area contributed by atoms with Gasteiger partial charge in [-0.05, 0) is 11.6 Å². The van der Waals surface area contributed by atoms with Gasteiger partial charge in [0.05, 0.1) is 0 Å². The van der Waals surface area contributed by atoms with Gasteiger partial charge in [0.2, 0.25) is 0 Å². The SMILES string of the molecule is CN(CC(=O)O)C(=O)N(C)Cc1cccnc1. The molecule has 1 aromatic rings. The molecule has 0 radical (unpaired) electrons. The van der Waals surface area contributed by atoms with E-state index >= 15 is 0 Å². The summed E-state index contributed by atoms with van der Waals surface area (Å²) < 4.78 is 0. The highest BCUT2D eigenvalue weighted by atomic mass is 16.4. The van der Waals surface area contributed by atoms with Crippen LogP contribution in [0.3, 0.4) is 0 Å². The van der Waals surface area contributed by atoms with Gasteiger partial charge in [0.25, 0.3) is 0 Å². The molecule has 0 aromatic carbocycles. The lowest BCUT2D eigenvalue weighted by molar-refractivity contribution is -0.137. The fourth-order valence-corrected chi connectivity index (χ4v) is 1.40. The van der Waals surface area contributed by atoms with E-state index in [9.17, 15) is 9.59 Å². The molecule has 1 rings (SSSR count).